The van der Waals surface area contributed by atoms with Crippen LogP contribution in [0.3, 0.4) is 0 Å². The lowest BCUT2D eigenvalue weighted by Crippen LogP contribution is -1.94. The SMILES string of the molecule is Cc1ccc(Nc2ccc(C)c3ccccc23)c2ccccc12. The maximum atomic E-state index is 3.64. The van der Waals surface area contributed by atoms with E-state index >= 15 is 0 Å². The Bertz CT molecular complexity index is 931. The smallest absolute Gasteiger partial charge is 0.0464 e. The van der Waals surface area contributed by atoms with Gasteiger partial charge in [-0.3, -0.25) is 0 Å². The van der Waals surface area contributed by atoms with Crippen molar-refractivity contribution in [3.8, 4) is 0 Å². The zero-order valence-electron chi connectivity index (χ0n) is 13.4. The summed E-state index contributed by atoms with van der Waals surface area (Å²) in [4.78, 5) is 0. The highest BCUT2D eigenvalue weighted by atomic mass is 14.9. The van der Waals surface area contributed by atoms with Gasteiger partial charge in [-0.2, -0.15) is 0 Å². The summed E-state index contributed by atoms with van der Waals surface area (Å²) in [6.07, 6.45) is 0. The lowest BCUT2D eigenvalue weighted by Gasteiger charge is -2.14. The molecule has 4 rings (SSSR count). The largest absolute Gasteiger partial charge is 0.355 e. The van der Waals surface area contributed by atoms with E-state index in [9.17, 15) is 0 Å². The van der Waals surface area contributed by atoms with Crippen LogP contribution in [-0.2, 0) is 0 Å². The minimum atomic E-state index is 1.15. The van der Waals surface area contributed by atoms with Crippen LogP contribution < -0.4 is 5.32 Å². The molecule has 4 aromatic rings. The van der Waals surface area contributed by atoms with Crippen LogP contribution in [0.25, 0.3) is 21.5 Å². The van der Waals surface area contributed by atoms with Crippen molar-refractivity contribution in [3.63, 3.8) is 0 Å². The second-order valence-corrected chi connectivity index (χ2v) is 6.08. The maximum absolute atomic E-state index is 3.64. The van der Waals surface area contributed by atoms with Gasteiger partial charge in [0.2, 0.25) is 0 Å². The highest BCUT2D eigenvalue weighted by molar-refractivity contribution is 6.02. The van der Waals surface area contributed by atoms with Crippen LogP contribution >= 0.6 is 0 Å². The summed E-state index contributed by atoms with van der Waals surface area (Å²) < 4.78 is 0. The Morgan fingerprint density at radius 1 is 0.478 bits per heavy atom. The Kier molecular flexibility index (Phi) is 3.27. The fourth-order valence-corrected chi connectivity index (χ4v) is 3.26. The molecule has 0 atom stereocenters. The molecule has 0 heterocycles. The molecule has 0 spiro atoms. The van der Waals surface area contributed by atoms with Gasteiger partial charge in [0.15, 0.2) is 0 Å². The van der Waals surface area contributed by atoms with E-state index in [2.05, 4.69) is 92.0 Å². The molecule has 0 aliphatic heterocycles. The molecule has 0 unspecified atom stereocenters. The van der Waals surface area contributed by atoms with Gasteiger partial charge in [0, 0.05) is 22.1 Å². The zero-order valence-corrected chi connectivity index (χ0v) is 13.4. The predicted molar refractivity (Wildman–Crippen MR) is 101 cm³/mol. The van der Waals surface area contributed by atoms with Crippen LogP contribution in [0.4, 0.5) is 11.4 Å². The van der Waals surface area contributed by atoms with Gasteiger partial charge in [-0.05, 0) is 47.9 Å². The number of aryl methyl sites for hydroxylation is 2. The van der Waals surface area contributed by atoms with E-state index in [1.807, 2.05) is 0 Å². The zero-order chi connectivity index (χ0) is 15.8. The quantitative estimate of drug-likeness (QED) is 0.454. The van der Waals surface area contributed by atoms with Crippen LogP contribution in [-0.4, -0.2) is 0 Å². The molecule has 0 amide bonds. The third-order valence-corrected chi connectivity index (χ3v) is 4.55. The number of rotatable bonds is 2. The lowest BCUT2D eigenvalue weighted by molar-refractivity contribution is 1.49. The molecule has 0 aliphatic rings. The van der Waals surface area contributed by atoms with Gasteiger partial charge in [0.05, 0.1) is 0 Å². The number of benzene rings is 4. The van der Waals surface area contributed by atoms with Crippen LogP contribution in [0.15, 0.2) is 72.8 Å². The Balaban J connectivity index is 1.89. The second kappa shape index (κ2) is 5.44. The molecule has 0 aliphatic carbocycles. The fraction of sp³-hybridized carbons (Fsp3) is 0.0909. The topological polar surface area (TPSA) is 12.0 Å². The van der Waals surface area contributed by atoms with Crippen molar-refractivity contribution < 1.29 is 0 Å². The van der Waals surface area contributed by atoms with Gasteiger partial charge in [0.1, 0.15) is 0 Å². The van der Waals surface area contributed by atoms with Gasteiger partial charge in [-0.1, -0.05) is 60.7 Å². The van der Waals surface area contributed by atoms with E-state index in [1.54, 1.807) is 0 Å². The van der Waals surface area contributed by atoms with Crippen LogP contribution in [0.5, 0.6) is 0 Å². The van der Waals surface area contributed by atoms with Crippen molar-refractivity contribution in [1.82, 2.24) is 0 Å². The van der Waals surface area contributed by atoms with Crippen molar-refractivity contribution in [2.75, 3.05) is 5.32 Å². The van der Waals surface area contributed by atoms with Crippen LogP contribution in [0.1, 0.15) is 11.1 Å². The van der Waals surface area contributed by atoms with E-state index in [-0.39, 0.29) is 0 Å². The molecule has 1 heteroatoms. The molecule has 23 heavy (non-hydrogen) atoms. The second-order valence-electron chi connectivity index (χ2n) is 6.08. The van der Waals surface area contributed by atoms with Crippen LogP contribution in [0, 0.1) is 13.8 Å². The molecule has 0 saturated carbocycles. The number of hydrogen-bond acceptors (Lipinski definition) is 1. The number of nitrogens with one attached hydrogen (secondary N) is 1. The monoisotopic (exact) mass is 297 g/mol. The highest BCUT2D eigenvalue weighted by Crippen LogP contribution is 2.32. The molecular weight excluding hydrogens is 278 g/mol. The lowest BCUT2D eigenvalue weighted by atomic mass is 10.0. The minimum Gasteiger partial charge on any atom is -0.355 e. The Hall–Kier alpha value is -2.80. The van der Waals surface area contributed by atoms with Crippen molar-refractivity contribution in [1.29, 1.82) is 0 Å². The third-order valence-electron chi connectivity index (χ3n) is 4.55. The van der Waals surface area contributed by atoms with Crippen molar-refractivity contribution >= 4 is 32.9 Å². The Labute approximate surface area is 136 Å². The summed E-state index contributed by atoms with van der Waals surface area (Å²) >= 11 is 0. The average Bonchev–Trinajstić information content (AvgIpc) is 2.60. The summed E-state index contributed by atoms with van der Waals surface area (Å²) in [5.74, 6) is 0. The standard InChI is InChI=1S/C22H19N/c1-15-11-13-21(19-9-5-3-7-17(15)19)23-22-14-12-16(2)18-8-4-6-10-20(18)22/h3-14,23H,1-2H3. The average molecular weight is 297 g/mol. The molecular formula is C22H19N. The molecule has 1 N–H and O–H groups in total. The molecule has 112 valence electrons. The van der Waals surface area contributed by atoms with Gasteiger partial charge in [-0.15, -0.1) is 0 Å². The molecule has 0 radical (unpaired) electrons. The Morgan fingerprint density at radius 3 is 1.30 bits per heavy atom. The summed E-state index contributed by atoms with van der Waals surface area (Å²) in [6, 6.07) is 25.8. The minimum absolute atomic E-state index is 1.15. The number of fused-ring (bicyclic) bond motifs is 2. The summed E-state index contributed by atoms with van der Waals surface area (Å²) in [7, 11) is 0. The van der Waals surface area contributed by atoms with E-state index in [4.69, 9.17) is 0 Å². The third kappa shape index (κ3) is 2.35. The first-order chi connectivity index (χ1) is 11.2. The van der Waals surface area contributed by atoms with E-state index < -0.39 is 0 Å². The fourth-order valence-electron chi connectivity index (χ4n) is 3.26. The normalized spacial score (nSPS) is 11.0. The molecule has 0 aromatic heterocycles. The van der Waals surface area contributed by atoms with Crippen molar-refractivity contribution in [2.45, 2.75) is 13.8 Å². The van der Waals surface area contributed by atoms with Crippen LogP contribution in [0.2, 0.25) is 0 Å². The molecule has 1 nitrogen and oxygen atoms in total. The van der Waals surface area contributed by atoms with Crippen molar-refractivity contribution in [3.05, 3.63) is 83.9 Å². The van der Waals surface area contributed by atoms with Gasteiger partial charge >= 0.3 is 0 Å². The molecule has 4 aromatic carbocycles. The summed E-state index contributed by atoms with van der Waals surface area (Å²) in [5.41, 5.74) is 4.92. The highest BCUT2D eigenvalue weighted by Gasteiger charge is 2.07. The summed E-state index contributed by atoms with van der Waals surface area (Å²) in [6.45, 7) is 4.32. The number of hydrogen-bond donors (Lipinski definition) is 1. The Morgan fingerprint density at radius 2 is 0.870 bits per heavy atom. The van der Waals surface area contributed by atoms with Gasteiger partial charge < -0.3 is 5.32 Å². The van der Waals surface area contributed by atoms with E-state index in [0.29, 0.717) is 0 Å². The first kappa shape index (κ1) is 13.8. The van der Waals surface area contributed by atoms with E-state index in [1.165, 1.54) is 32.7 Å². The maximum Gasteiger partial charge on any atom is 0.0464 e. The molecule has 0 saturated heterocycles. The van der Waals surface area contributed by atoms with Crippen molar-refractivity contribution in [2.24, 2.45) is 0 Å². The molecule has 0 bridgehead atoms. The first-order valence-electron chi connectivity index (χ1n) is 7.98. The van der Waals surface area contributed by atoms with E-state index in [0.717, 1.165) is 11.4 Å². The first-order valence-corrected chi connectivity index (χ1v) is 7.98. The summed E-state index contributed by atoms with van der Waals surface area (Å²) in [5, 5.41) is 8.77. The van der Waals surface area contributed by atoms with Gasteiger partial charge in [0.25, 0.3) is 0 Å². The van der Waals surface area contributed by atoms with Gasteiger partial charge in [-0.25, -0.2) is 0 Å². The predicted octanol–water partition coefficient (Wildman–Crippen LogP) is 6.35. The number of anilines is 2. The molecule has 0 fully saturated rings.